The Morgan fingerprint density at radius 2 is 2.38 bits per heavy atom. The molecule has 0 aromatic carbocycles. The van der Waals surface area contributed by atoms with Crippen molar-refractivity contribution in [3.8, 4) is 0 Å². The molecule has 2 N–H and O–H groups in total. The summed E-state index contributed by atoms with van der Waals surface area (Å²) in [6.07, 6.45) is 1.44. The predicted molar refractivity (Wildman–Crippen MR) is 54.1 cm³/mol. The Labute approximate surface area is 85.7 Å². The molecule has 2 rings (SSSR count). The molecular weight excluding hydrogens is 209 g/mol. The van der Waals surface area contributed by atoms with Crippen molar-refractivity contribution < 1.29 is 4.39 Å². The molecule has 1 nitrogen and oxygen atoms in total. The average Bonchev–Trinajstić information content (AvgIpc) is 2.32. The fourth-order valence-electron chi connectivity index (χ4n) is 1.83. The molecule has 0 bridgehead atoms. The monoisotopic (exact) mass is 219 g/mol. The maximum absolute atomic E-state index is 13.7. The lowest BCUT2D eigenvalue weighted by Crippen LogP contribution is -2.49. The van der Waals surface area contributed by atoms with Gasteiger partial charge in [0.25, 0.3) is 0 Å². The Morgan fingerprint density at radius 1 is 1.69 bits per heavy atom. The maximum atomic E-state index is 13.7. The van der Waals surface area contributed by atoms with Gasteiger partial charge in [-0.25, -0.2) is 4.39 Å². The van der Waals surface area contributed by atoms with E-state index in [1.807, 2.05) is 11.4 Å². The zero-order valence-electron chi connectivity index (χ0n) is 7.09. The van der Waals surface area contributed by atoms with Crippen LogP contribution in [0.3, 0.4) is 0 Å². The topological polar surface area (TPSA) is 26.0 Å². The standard InChI is InChI=1S/C9H11ClFNS/c10-8-1-6(5-13-8)2-9(11)3-7(12)4-9/h1,5,7H,2-4,12H2. The third-order valence-corrected chi connectivity index (χ3v) is 3.54. The van der Waals surface area contributed by atoms with E-state index in [1.54, 1.807) is 0 Å². The minimum Gasteiger partial charge on any atom is -0.327 e. The normalized spacial score (nSPS) is 33.0. The molecule has 0 unspecified atom stereocenters. The van der Waals surface area contributed by atoms with Crippen LogP contribution < -0.4 is 5.73 Å². The fourth-order valence-corrected chi connectivity index (χ4v) is 2.74. The molecule has 1 saturated carbocycles. The molecule has 1 heterocycles. The summed E-state index contributed by atoms with van der Waals surface area (Å²) in [6.45, 7) is 0. The summed E-state index contributed by atoms with van der Waals surface area (Å²) in [6, 6.07) is 1.89. The first kappa shape index (κ1) is 9.44. The van der Waals surface area contributed by atoms with Crippen molar-refractivity contribution in [1.29, 1.82) is 0 Å². The van der Waals surface area contributed by atoms with E-state index in [0.717, 1.165) is 9.90 Å². The van der Waals surface area contributed by atoms with E-state index in [4.69, 9.17) is 17.3 Å². The first-order chi connectivity index (χ1) is 6.07. The van der Waals surface area contributed by atoms with Crippen LogP contribution in [-0.2, 0) is 6.42 Å². The predicted octanol–water partition coefficient (Wildman–Crippen LogP) is 2.77. The van der Waals surface area contributed by atoms with Crippen LogP contribution in [0.15, 0.2) is 11.4 Å². The van der Waals surface area contributed by atoms with Gasteiger partial charge in [-0.3, -0.25) is 0 Å². The number of thiophene rings is 1. The summed E-state index contributed by atoms with van der Waals surface area (Å²) in [5.41, 5.74) is 5.47. The van der Waals surface area contributed by atoms with Crippen LogP contribution in [-0.4, -0.2) is 11.7 Å². The number of hydrogen-bond donors (Lipinski definition) is 1. The first-order valence-corrected chi connectivity index (χ1v) is 5.51. The highest BCUT2D eigenvalue weighted by molar-refractivity contribution is 7.14. The van der Waals surface area contributed by atoms with Gasteiger partial charge < -0.3 is 5.73 Å². The zero-order chi connectivity index (χ0) is 9.47. The van der Waals surface area contributed by atoms with E-state index in [1.165, 1.54) is 11.3 Å². The van der Waals surface area contributed by atoms with E-state index in [9.17, 15) is 4.39 Å². The molecule has 72 valence electrons. The highest BCUT2D eigenvalue weighted by Gasteiger charge is 2.42. The SMILES string of the molecule is NC1CC(F)(Cc2csc(Cl)c2)C1. The molecule has 0 atom stereocenters. The van der Waals surface area contributed by atoms with Crippen molar-refractivity contribution in [3.63, 3.8) is 0 Å². The van der Waals surface area contributed by atoms with E-state index >= 15 is 0 Å². The molecule has 1 aliphatic rings. The van der Waals surface area contributed by atoms with Crippen LogP contribution in [0.2, 0.25) is 4.34 Å². The highest BCUT2D eigenvalue weighted by atomic mass is 35.5. The molecule has 0 radical (unpaired) electrons. The minimum absolute atomic E-state index is 0.0547. The second-order valence-corrected chi connectivity index (χ2v) is 5.30. The van der Waals surface area contributed by atoms with Crippen LogP contribution in [0, 0.1) is 0 Å². The second kappa shape index (κ2) is 3.23. The Bertz CT molecular complexity index is 306. The number of halogens is 2. The summed E-state index contributed by atoms with van der Waals surface area (Å²) >= 11 is 7.20. The van der Waals surface area contributed by atoms with Crippen molar-refractivity contribution in [2.75, 3.05) is 0 Å². The van der Waals surface area contributed by atoms with Crippen LogP contribution in [0.1, 0.15) is 18.4 Å². The van der Waals surface area contributed by atoms with Crippen molar-refractivity contribution in [2.45, 2.75) is 31.0 Å². The Kier molecular flexibility index (Phi) is 2.34. The van der Waals surface area contributed by atoms with Gasteiger partial charge in [0.15, 0.2) is 0 Å². The van der Waals surface area contributed by atoms with Crippen LogP contribution in [0.5, 0.6) is 0 Å². The van der Waals surface area contributed by atoms with Gasteiger partial charge in [0.05, 0.1) is 4.34 Å². The van der Waals surface area contributed by atoms with Gasteiger partial charge in [0.1, 0.15) is 5.67 Å². The molecule has 1 aromatic heterocycles. The number of hydrogen-bond acceptors (Lipinski definition) is 2. The molecule has 1 aromatic rings. The van der Waals surface area contributed by atoms with Crippen LogP contribution >= 0.6 is 22.9 Å². The summed E-state index contributed by atoms with van der Waals surface area (Å²) in [5, 5.41) is 1.91. The molecular formula is C9H11ClFNS. The molecule has 0 spiro atoms. The number of nitrogens with two attached hydrogens (primary N) is 1. The van der Waals surface area contributed by atoms with Gasteiger partial charge in [0.2, 0.25) is 0 Å². The number of alkyl halides is 1. The molecule has 1 fully saturated rings. The quantitative estimate of drug-likeness (QED) is 0.814. The van der Waals surface area contributed by atoms with E-state index < -0.39 is 5.67 Å². The average molecular weight is 220 g/mol. The Balaban J connectivity index is 1.99. The van der Waals surface area contributed by atoms with Crippen molar-refractivity contribution in [1.82, 2.24) is 0 Å². The number of rotatable bonds is 2. The van der Waals surface area contributed by atoms with Crippen molar-refractivity contribution in [3.05, 3.63) is 21.3 Å². The van der Waals surface area contributed by atoms with Crippen LogP contribution in [0.4, 0.5) is 4.39 Å². The van der Waals surface area contributed by atoms with E-state index in [-0.39, 0.29) is 6.04 Å². The lowest BCUT2D eigenvalue weighted by Gasteiger charge is -2.39. The van der Waals surface area contributed by atoms with Gasteiger partial charge in [-0.15, -0.1) is 11.3 Å². The van der Waals surface area contributed by atoms with Gasteiger partial charge in [-0.2, -0.15) is 0 Å². The first-order valence-electron chi connectivity index (χ1n) is 4.25. The molecule has 0 aliphatic heterocycles. The smallest absolute Gasteiger partial charge is 0.118 e. The molecule has 4 heteroatoms. The largest absolute Gasteiger partial charge is 0.327 e. The third-order valence-electron chi connectivity index (χ3n) is 2.40. The highest BCUT2D eigenvalue weighted by Crippen LogP contribution is 2.39. The molecule has 0 saturated heterocycles. The lowest BCUT2D eigenvalue weighted by atomic mass is 9.74. The summed E-state index contributed by atoms with van der Waals surface area (Å²) in [5.74, 6) is 0. The van der Waals surface area contributed by atoms with E-state index in [2.05, 4.69) is 0 Å². The summed E-state index contributed by atoms with van der Waals surface area (Å²) in [7, 11) is 0. The minimum atomic E-state index is -1.07. The van der Waals surface area contributed by atoms with Crippen molar-refractivity contribution in [2.24, 2.45) is 5.73 Å². The van der Waals surface area contributed by atoms with E-state index in [0.29, 0.717) is 19.3 Å². The van der Waals surface area contributed by atoms with Gasteiger partial charge >= 0.3 is 0 Å². The maximum Gasteiger partial charge on any atom is 0.118 e. The molecule has 1 aliphatic carbocycles. The van der Waals surface area contributed by atoms with Gasteiger partial charge in [0, 0.05) is 12.5 Å². The molecule has 13 heavy (non-hydrogen) atoms. The fraction of sp³-hybridized carbons (Fsp3) is 0.556. The molecule has 0 amide bonds. The zero-order valence-corrected chi connectivity index (χ0v) is 8.67. The second-order valence-electron chi connectivity index (χ2n) is 3.76. The summed E-state index contributed by atoms with van der Waals surface area (Å²) < 4.78 is 14.5. The third kappa shape index (κ3) is 2.03. The Morgan fingerprint density at radius 3 is 2.85 bits per heavy atom. The van der Waals surface area contributed by atoms with Gasteiger partial charge in [-0.1, -0.05) is 11.6 Å². The Hall–Kier alpha value is -0.120. The summed E-state index contributed by atoms with van der Waals surface area (Å²) in [4.78, 5) is 0. The van der Waals surface area contributed by atoms with Crippen molar-refractivity contribution >= 4 is 22.9 Å². The van der Waals surface area contributed by atoms with Gasteiger partial charge in [-0.05, 0) is 29.9 Å². The lowest BCUT2D eigenvalue weighted by molar-refractivity contribution is 0.0445. The van der Waals surface area contributed by atoms with Crippen LogP contribution in [0.25, 0.3) is 0 Å².